The number of hydrogen-bond acceptors (Lipinski definition) is 5. The molecule has 1 saturated heterocycles. The summed E-state index contributed by atoms with van der Waals surface area (Å²) < 4.78 is 10.7. The van der Waals surface area contributed by atoms with Crippen molar-refractivity contribution in [2.24, 2.45) is 0 Å². The molecule has 2 aromatic carbocycles. The fourth-order valence-corrected chi connectivity index (χ4v) is 4.27. The maximum atomic E-state index is 12.6. The molecule has 148 valence electrons. The summed E-state index contributed by atoms with van der Waals surface area (Å²) in [5.74, 6) is 1.69. The average molecular weight is 401 g/mol. The zero-order valence-electron chi connectivity index (χ0n) is 16.2. The number of amides is 2. The Kier molecular flexibility index (Phi) is 6.46. The molecule has 1 aliphatic rings. The van der Waals surface area contributed by atoms with Crippen LogP contribution in [0.2, 0.25) is 0 Å². The first-order valence-electron chi connectivity index (χ1n) is 9.13. The van der Waals surface area contributed by atoms with Crippen LogP contribution in [0.4, 0.5) is 11.4 Å². The fourth-order valence-electron chi connectivity index (χ4n) is 3.10. The maximum Gasteiger partial charge on any atom is 0.238 e. The fraction of sp³-hybridized carbons (Fsp3) is 0.333. The van der Waals surface area contributed by atoms with E-state index in [9.17, 15) is 9.59 Å². The third-order valence-electron chi connectivity index (χ3n) is 4.47. The van der Waals surface area contributed by atoms with Crippen molar-refractivity contribution in [2.75, 3.05) is 30.2 Å². The molecule has 0 radical (unpaired) electrons. The van der Waals surface area contributed by atoms with E-state index in [1.807, 2.05) is 43.3 Å². The lowest BCUT2D eigenvalue weighted by Crippen LogP contribution is -2.28. The lowest BCUT2D eigenvalue weighted by molar-refractivity contribution is -0.116. The highest BCUT2D eigenvalue weighted by atomic mass is 32.2. The van der Waals surface area contributed by atoms with E-state index >= 15 is 0 Å². The summed E-state index contributed by atoms with van der Waals surface area (Å²) in [6.07, 6.45) is 1.31. The van der Waals surface area contributed by atoms with E-state index in [4.69, 9.17) is 9.47 Å². The normalized spacial score (nSPS) is 16.2. The summed E-state index contributed by atoms with van der Waals surface area (Å²) in [6.45, 7) is 1.97. The van der Waals surface area contributed by atoms with Gasteiger partial charge in [-0.1, -0.05) is 19.1 Å². The van der Waals surface area contributed by atoms with Crippen LogP contribution in [0.1, 0.15) is 30.7 Å². The summed E-state index contributed by atoms with van der Waals surface area (Å²) in [4.78, 5) is 26.1. The lowest BCUT2D eigenvalue weighted by atomic mass is 10.1. The van der Waals surface area contributed by atoms with Gasteiger partial charge >= 0.3 is 0 Å². The molecule has 0 unspecified atom stereocenters. The second-order valence-electron chi connectivity index (χ2n) is 6.39. The summed E-state index contributed by atoms with van der Waals surface area (Å²) >= 11 is 1.57. The number of methoxy groups -OCH3 is 2. The molecule has 2 aromatic rings. The summed E-state index contributed by atoms with van der Waals surface area (Å²) in [7, 11) is 3.17. The van der Waals surface area contributed by atoms with Crippen LogP contribution in [0, 0.1) is 0 Å². The number of thioether (sulfide) groups is 1. The minimum atomic E-state index is -0.157. The molecule has 0 bridgehead atoms. The number of nitrogens with zero attached hydrogens (tertiary/aromatic N) is 1. The molecule has 6 nitrogen and oxygen atoms in total. The van der Waals surface area contributed by atoms with Crippen LogP contribution in [0.25, 0.3) is 0 Å². The second kappa shape index (κ2) is 9.01. The third kappa shape index (κ3) is 4.25. The Balaban J connectivity index is 1.86. The number of nitrogens with one attached hydrogen (secondary N) is 1. The molecule has 1 heterocycles. The molecule has 1 fully saturated rings. The lowest BCUT2D eigenvalue weighted by Gasteiger charge is -2.26. The topological polar surface area (TPSA) is 67.9 Å². The Hall–Kier alpha value is -2.67. The Bertz CT molecular complexity index is 854. The van der Waals surface area contributed by atoms with Gasteiger partial charge in [0.05, 0.1) is 25.7 Å². The van der Waals surface area contributed by atoms with E-state index < -0.39 is 0 Å². The van der Waals surface area contributed by atoms with Crippen molar-refractivity contribution in [3.8, 4) is 11.5 Å². The molecule has 2 amide bonds. The van der Waals surface area contributed by atoms with Crippen molar-refractivity contribution in [1.82, 2.24) is 0 Å². The van der Waals surface area contributed by atoms with Gasteiger partial charge in [-0.2, -0.15) is 0 Å². The molecule has 0 aliphatic carbocycles. The highest BCUT2D eigenvalue weighted by Gasteiger charge is 2.35. The molecule has 3 rings (SSSR count). The predicted octanol–water partition coefficient (Wildman–Crippen LogP) is 4.22. The average Bonchev–Trinajstić information content (AvgIpc) is 3.09. The molecule has 0 aromatic heterocycles. The first-order valence-corrected chi connectivity index (χ1v) is 10.2. The number of benzene rings is 2. The van der Waals surface area contributed by atoms with Gasteiger partial charge < -0.3 is 14.8 Å². The molecular formula is C21H24N2O4S. The third-order valence-corrected chi connectivity index (χ3v) is 5.68. The smallest absolute Gasteiger partial charge is 0.238 e. The van der Waals surface area contributed by atoms with E-state index in [0.717, 1.165) is 17.7 Å². The Morgan fingerprint density at radius 3 is 2.57 bits per heavy atom. The number of carbonyl (C=O) groups excluding carboxylic acids is 2. The second-order valence-corrected chi connectivity index (χ2v) is 7.45. The highest BCUT2D eigenvalue weighted by molar-refractivity contribution is 8.00. The van der Waals surface area contributed by atoms with Gasteiger partial charge in [0, 0.05) is 18.2 Å². The van der Waals surface area contributed by atoms with Gasteiger partial charge in [-0.05, 0) is 36.2 Å². The zero-order chi connectivity index (χ0) is 20.1. The molecule has 1 aliphatic heterocycles. The minimum Gasteiger partial charge on any atom is -0.497 e. The van der Waals surface area contributed by atoms with E-state index in [1.165, 1.54) is 0 Å². The van der Waals surface area contributed by atoms with Gasteiger partial charge in [0.1, 0.15) is 16.9 Å². The number of hydrogen-bond donors (Lipinski definition) is 1. The van der Waals surface area contributed by atoms with Crippen LogP contribution in [-0.4, -0.2) is 31.8 Å². The van der Waals surface area contributed by atoms with Crippen molar-refractivity contribution in [3.63, 3.8) is 0 Å². The molecule has 0 spiro atoms. The van der Waals surface area contributed by atoms with Crippen LogP contribution >= 0.6 is 11.8 Å². The Morgan fingerprint density at radius 1 is 1.18 bits per heavy atom. The molecular weight excluding hydrogens is 376 g/mol. The molecule has 1 N–H and O–H groups in total. The van der Waals surface area contributed by atoms with Gasteiger partial charge in [0.15, 0.2) is 0 Å². The van der Waals surface area contributed by atoms with Crippen LogP contribution in [0.5, 0.6) is 11.5 Å². The van der Waals surface area contributed by atoms with Gasteiger partial charge in [0.2, 0.25) is 11.8 Å². The Labute approximate surface area is 169 Å². The predicted molar refractivity (Wildman–Crippen MR) is 112 cm³/mol. The summed E-state index contributed by atoms with van der Waals surface area (Å²) in [5, 5.41) is 2.73. The quantitative estimate of drug-likeness (QED) is 0.754. The van der Waals surface area contributed by atoms with Crippen molar-refractivity contribution < 1.29 is 19.1 Å². The van der Waals surface area contributed by atoms with Crippen molar-refractivity contribution in [1.29, 1.82) is 0 Å². The van der Waals surface area contributed by atoms with Gasteiger partial charge in [-0.3, -0.25) is 14.5 Å². The molecule has 7 heteroatoms. The first-order chi connectivity index (χ1) is 13.6. The van der Waals surface area contributed by atoms with E-state index in [-0.39, 0.29) is 17.2 Å². The molecule has 0 saturated carbocycles. The SMILES string of the molecule is CCCC(=O)Nc1ccc([C@H]2SCC(=O)N2c2ccc(OC)cc2OC)cc1. The van der Waals surface area contributed by atoms with Crippen molar-refractivity contribution in [3.05, 3.63) is 48.0 Å². The van der Waals surface area contributed by atoms with Gasteiger partial charge in [-0.15, -0.1) is 11.8 Å². The van der Waals surface area contributed by atoms with E-state index in [2.05, 4.69) is 5.32 Å². The number of ether oxygens (including phenoxy) is 2. The number of rotatable bonds is 7. The van der Waals surface area contributed by atoms with Crippen molar-refractivity contribution in [2.45, 2.75) is 25.1 Å². The Morgan fingerprint density at radius 2 is 1.93 bits per heavy atom. The van der Waals surface area contributed by atoms with Crippen LogP contribution < -0.4 is 19.7 Å². The van der Waals surface area contributed by atoms with Crippen LogP contribution in [0.15, 0.2) is 42.5 Å². The van der Waals surface area contributed by atoms with Crippen LogP contribution in [0.3, 0.4) is 0 Å². The standard InChI is InChI=1S/C21H24N2O4S/c1-4-5-19(24)22-15-8-6-14(7-9-15)21-23(20(25)13-28-21)17-11-10-16(26-2)12-18(17)27-3/h6-12,21H,4-5,13H2,1-3H3,(H,22,24)/t21-/m1/s1. The first kappa shape index (κ1) is 20.1. The maximum absolute atomic E-state index is 12.6. The summed E-state index contributed by atoms with van der Waals surface area (Å²) in [5.41, 5.74) is 2.45. The summed E-state index contributed by atoms with van der Waals surface area (Å²) in [6, 6.07) is 13.1. The molecule has 28 heavy (non-hydrogen) atoms. The van der Waals surface area contributed by atoms with Crippen LogP contribution in [-0.2, 0) is 9.59 Å². The molecule has 1 atom stereocenters. The zero-order valence-corrected chi connectivity index (χ0v) is 17.0. The largest absolute Gasteiger partial charge is 0.497 e. The highest BCUT2D eigenvalue weighted by Crippen LogP contribution is 2.45. The van der Waals surface area contributed by atoms with E-state index in [1.54, 1.807) is 36.9 Å². The monoisotopic (exact) mass is 400 g/mol. The van der Waals surface area contributed by atoms with E-state index in [0.29, 0.717) is 29.4 Å². The van der Waals surface area contributed by atoms with Gasteiger partial charge in [0.25, 0.3) is 0 Å². The van der Waals surface area contributed by atoms with Gasteiger partial charge in [-0.25, -0.2) is 0 Å². The minimum absolute atomic E-state index is 0.00487. The number of anilines is 2. The van der Waals surface area contributed by atoms with Crippen molar-refractivity contribution >= 4 is 35.0 Å². The number of carbonyl (C=O) groups is 2.